The van der Waals surface area contributed by atoms with Gasteiger partial charge in [0, 0.05) is 26.7 Å². The summed E-state index contributed by atoms with van der Waals surface area (Å²) in [6.07, 6.45) is 11.6. The first-order valence-electron chi connectivity index (χ1n) is 8.41. The molecule has 0 saturated carbocycles. The predicted octanol–water partition coefficient (Wildman–Crippen LogP) is 4.52. The number of aliphatic hydroxyl groups is 1. The monoisotopic (exact) mass is 288 g/mol. The number of ether oxygens (including phenoxy) is 2. The summed E-state index contributed by atoms with van der Waals surface area (Å²) in [5.74, 6) is -0.0979. The molecule has 0 heterocycles. The van der Waals surface area contributed by atoms with Crippen LogP contribution in [0.4, 0.5) is 0 Å². The van der Waals surface area contributed by atoms with E-state index in [2.05, 4.69) is 13.8 Å². The van der Waals surface area contributed by atoms with Gasteiger partial charge in [0.1, 0.15) is 0 Å². The highest BCUT2D eigenvalue weighted by atomic mass is 16.7. The summed E-state index contributed by atoms with van der Waals surface area (Å²) in [7, 11) is 3.47. The molecule has 0 bridgehead atoms. The number of rotatable bonds is 14. The molecule has 20 heavy (non-hydrogen) atoms. The van der Waals surface area contributed by atoms with Crippen LogP contribution in [-0.2, 0) is 9.47 Å². The highest BCUT2D eigenvalue weighted by Gasteiger charge is 2.36. The Balaban J connectivity index is 4.25. The average Bonchev–Trinajstić information content (AvgIpc) is 2.49. The third-order valence-electron chi connectivity index (χ3n) is 4.42. The van der Waals surface area contributed by atoms with Crippen LogP contribution >= 0.6 is 0 Å². The molecule has 0 rings (SSSR count). The highest BCUT2D eigenvalue weighted by molar-refractivity contribution is 4.78. The van der Waals surface area contributed by atoms with E-state index in [1.807, 2.05) is 0 Å². The van der Waals surface area contributed by atoms with Crippen LogP contribution in [0.3, 0.4) is 0 Å². The highest BCUT2D eigenvalue weighted by Crippen LogP contribution is 2.34. The van der Waals surface area contributed by atoms with Crippen molar-refractivity contribution in [3.8, 4) is 0 Å². The zero-order valence-electron chi connectivity index (χ0n) is 14.1. The van der Waals surface area contributed by atoms with Crippen molar-refractivity contribution < 1.29 is 14.6 Å². The third kappa shape index (κ3) is 7.05. The average molecular weight is 288 g/mol. The lowest BCUT2D eigenvalue weighted by molar-refractivity contribution is -0.244. The van der Waals surface area contributed by atoms with Gasteiger partial charge in [0.25, 0.3) is 0 Å². The first kappa shape index (κ1) is 19.9. The first-order valence-corrected chi connectivity index (χ1v) is 8.41. The van der Waals surface area contributed by atoms with E-state index in [0.29, 0.717) is 5.92 Å². The van der Waals surface area contributed by atoms with Crippen LogP contribution in [0.25, 0.3) is 0 Å². The van der Waals surface area contributed by atoms with E-state index in [4.69, 9.17) is 14.6 Å². The van der Waals surface area contributed by atoms with E-state index in [9.17, 15) is 0 Å². The minimum Gasteiger partial charge on any atom is -0.396 e. The number of hydrogen-bond donors (Lipinski definition) is 1. The van der Waals surface area contributed by atoms with Gasteiger partial charge in [0.2, 0.25) is 0 Å². The fourth-order valence-corrected chi connectivity index (χ4v) is 3.09. The number of aliphatic hydroxyl groups excluding tert-OH is 1. The molecule has 0 fully saturated rings. The normalized spacial score (nSPS) is 13.7. The summed E-state index contributed by atoms with van der Waals surface area (Å²) < 4.78 is 11.4. The molecule has 1 unspecified atom stereocenters. The van der Waals surface area contributed by atoms with Gasteiger partial charge in [0.15, 0.2) is 5.79 Å². The standard InChI is InChI=1S/C17H36O3/c1-5-7-8-9-10-11-13-16(14-12-15-18)17(6-2,19-3)20-4/h16,18H,5-15H2,1-4H3. The second-order valence-corrected chi connectivity index (χ2v) is 5.69. The molecule has 0 aromatic rings. The van der Waals surface area contributed by atoms with Gasteiger partial charge in [-0.2, -0.15) is 0 Å². The Labute approximate surface area is 126 Å². The van der Waals surface area contributed by atoms with Crippen molar-refractivity contribution >= 4 is 0 Å². The lowest BCUT2D eigenvalue weighted by Gasteiger charge is -2.38. The largest absolute Gasteiger partial charge is 0.396 e. The molecule has 3 nitrogen and oxygen atoms in total. The molecule has 0 aromatic carbocycles. The summed E-state index contributed by atoms with van der Waals surface area (Å²) in [6, 6.07) is 0. The zero-order chi connectivity index (χ0) is 15.3. The van der Waals surface area contributed by atoms with Gasteiger partial charge in [-0.3, -0.25) is 0 Å². The van der Waals surface area contributed by atoms with Crippen LogP contribution in [0, 0.1) is 5.92 Å². The molecule has 3 heteroatoms. The minimum atomic E-state index is -0.474. The van der Waals surface area contributed by atoms with E-state index in [1.165, 1.54) is 38.5 Å². The molecule has 0 amide bonds. The van der Waals surface area contributed by atoms with Crippen molar-refractivity contribution in [2.24, 2.45) is 5.92 Å². The van der Waals surface area contributed by atoms with E-state index < -0.39 is 5.79 Å². The SMILES string of the molecule is CCCCCCCCC(CCCO)C(CC)(OC)OC. The van der Waals surface area contributed by atoms with Crippen molar-refractivity contribution in [3.05, 3.63) is 0 Å². The molecule has 122 valence electrons. The van der Waals surface area contributed by atoms with Gasteiger partial charge in [-0.15, -0.1) is 0 Å². The molecule has 0 aliphatic carbocycles. The van der Waals surface area contributed by atoms with Crippen molar-refractivity contribution in [2.45, 2.75) is 83.8 Å². The lowest BCUT2D eigenvalue weighted by atomic mass is 9.86. The summed E-state index contributed by atoms with van der Waals surface area (Å²) in [4.78, 5) is 0. The smallest absolute Gasteiger partial charge is 0.170 e. The Morgan fingerprint density at radius 2 is 1.40 bits per heavy atom. The molecular formula is C17H36O3. The summed E-state index contributed by atoms with van der Waals surface area (Å²) >= 11 is 0. The topological polar surface area (TPSA) is 38.7 Å². The Hall–Kier alpha value is -0.120. The molecule has 0 saturated heterocycles. The Morgan fingerprint density at radius 1 is 0.850 bits per heavy atom. The molecule has 0 aromatic heterocycles. The maximum absolute atomic E-state index is 9.09. The van der Waals surface area contributed by atoms with Crippen LogP contribution in [0.5, 0.6) is 0 Å². The summed E-state index contributed by atoms with van der Waals surface area (Å²) in [6.45, 7) is 4.61. The van der Waals surface area contributed by atoms with Gasteiger partial charge < -0.3 is 14.6 Å². The predicted molar refractivity (Wildman–Crippen MR) is 84.8 cm³/mol. The van der Waals surface area contributed by atoms with Crippen LogP contribution in [0.1, 0.15) is 78.1 Å². The van der Waals surface area contributed by atoms with Crippen molar-refractivity contribution in [1.82, 2.24) is 0 Å². The van der Waals surface area contributed by atoms with Gasteiger partial charge in [-0.25, -0.2) is 0 Å². The number of methoxy groups -OCH3 is 2. The number of unbranched alkanes of at least 4 members (excludes halogenated alkanes) is 5. The van der Waals surface area contributed by atoms with E-state index in [1.54, 1.807) is 14.2 Å². The van der Waals surface area contributed by atoms with Crippen LogP contribution in [0.15, 0.2) is 0 Å². The molecule has 0 aliphatic heterocycles. The van der Waals surface area contributed by atoms with Gasteiger partial charge in [-0.05, 0) is 25.7 Å². The minimum absolute atomic E-state index is 0.250. The van der Waals surface area contributed by atoms with E-state index >= 15 is 0 Å². The molecule has 0 aliphatic rings. The van der Waals surface area contributed by atoms with Crippen LogP contribution in [-0.4, -0.2) is 31.7 Å². The lowest BCUT2D eigenvalue weighted by Crippen LogP contribution is -2.41. The maximum Gasteiger partial charge on any atom is 0.170 e. The van der Waals surface area contributed by atoms with Gasteiger partial charge in [0.05, 0.1) is 0 Å². The first-order chi connectivity index (χ1) is 9.70. The summed E-state index contributed by atoms with van der Waals surface area (Å²) in [5.41, 5.74) is 0. The molecule has 1 N–H and O–H groups in total. The van der Waals surface area contributed by atoms with Crippen molar-refractivity contribution in [3.63, 3.8) is 0 Å². The third-order valence-corrected chi connectivity index (χ3v) is 4.42. The van der Waals surface area contributed by atoms with E-state index in [0.717, 1.165) is 25.7 Å². The second kappa shape index (κ2) is 12.6. The molecular weight excluding hydrogens is 252 g/mol. The fraction of sp³-hybridized carbons (Fsp3) is 1.00. The maximum atomic E-state index is 9.09. The van der Waals surface area contributed by atoms with Crippen molar-refractivity contribution in [2.75, 3.05) is 20.8 Å². The quantitative estimate of drug-likeness (QED) is 0.377. The van der Waals surface area contributed by atoms with Crippen LogP contribution in [0.2, 0.25) is 0 Å². The molecule has 0 spiro atoms. The Morgan fingerprint density at radius 3 is 1.90 bits per heavy atom. The summed E-state index contributed by atoms with van der Waals surface area (Å²) in [5, 5.41) is 9.09. The van der Waals surface area contributed by atoms with Crippen molar-refractivity contribution in [1.29, 1.82) is 0 Å². The van der Waals surface area contributed by atoms with Crippen LogP contribution < -0.4 is 0 Å². The van der Waals surface area contributed by atoms with Gasteiger partial charge in [-0.1, -0.05) is 52.4 Å². The number of hydrogen-bond acceptors (Lipinski definition) is 3. The fourth-order valence-electron chi connectivity index (χ4n) is 3.09. The molecule has 1 atom stereocenters. The Bertz CT molecular complexity index is 194. The molecule has 0 radical (unpaired) electrons. The van der Waals surface area contributed by atoms with Gasteiger partial charge >= 0.3 is 0 Å². The second-order valence-electron chi connectivity index (χ2n) is 5.69. The van der Waals surface area contributed by atoms with E-state index in [-0.39, 0.29) is 6.61 Å². The Kier molecular flexibility index (Phi) is 12.5. The zero-order valence-corrected chi connectivity index (χ0v) is 14.1.